The lowest BCUT2D eigenvalue weighted by Gasteiger charge is -2.10. The predicted molar refractivity (Wildman–Crippen MR) is 67.4 cm³/mol. The molecule has 4 nitrogen and oxygen atoms in total. The second kappa shape index (κ2) is 6.83. The summed E-state index contributed by atoms with van der Waals surface area (Å²) in [7, 11) is 0. The molecule has 0 bridgehead atoms. The highest BCUT2D eigenvalue weighted by molar-refractivity contribution is 9.10. The zero-order chi connectivity index (χ0) is 12.0. The molecule has 1 aromatic rings. The van der Waals surface area contributed by atoms with Gasteiger partial charge in [0.1, 0.15) is 10.4 Å². The fourth-order valence-electron chi connectivity index (χ4n) is 1.21. The van der Waals surface area contributed by atoms with E-state index in [2.05, 4.69) is 26.2 Å². The van der Waals surface area contributed by atoms with Crippen molar-refractivity contribution in [1.82, 2.24) is 4.98 Å². The van der Waals surface area contributed by atoms with E-state index < -0.39 is 0 Å². The number of hydrogen-bond donors (Lipinski definition) is 2. The predicted octanol–water partition coefficient (Wildman–Crippen LogP) is 2.17. The Hall–Kier alpha value is -0.650. The zero-order valence-corrected chi connectivity index (χ0v) is 11.1. The summed E-state index contributed by atoms with van der Waals surface area (Å²) >= 11 is 3.29. The van der Waals surface area contributed by atoms with Crippen LogP contribution in [0, 0.1) is 0 Å². The minimum Gasteiger partial charge on any atom is -0.392 e. The van der Waals surface area contributed by atoms with E-state index in [1.165, 1.54) is 0 Å². The van der Waals surface area contributed by atoms with Crippen LogP contribution in [0.15, 0.2) is 16.7 Å². The molecule has 16 heavy (non-hydrogen) atoms. The van der Waals surface area contributed by atoms with Crippen LogP contribution in [0.25, 0.3) is 0 Å². The monoisotopic (exact) mass is 288 g/mol. The summed E-state index contributed by atoms with van der Waals surface area (Å²) < 4.78 is 6.11. The van der Waals surface area contributed by atoms with Crippen molar-refractivity contribution in [3.63, 3.8) is 0 Å². The normalized spacial score (nSPS) is 10.8. The van der Waals surface area contributed by atoms with Gasteiger partial charge in [0.2, 0.25) is 0 Å². The lowest BCUT2D eigenvalue weighted by molar-refractivity contribution is 0.0870. The molecule has 5 heteroatoms. The standard InChI is InChI=1S/C11H17BrN2O2/c1-8(2)16-4-3-13-11-6-9(7-15)5-10(12)14-11/h5-6,8,15H,3-4,7H2,1-2H3,(H,13,14). The minimum absolute atomic E-state index is 0.0122. The van der Waals surface area contributed by atoms with Gasteiger partial charge in [0.25, 0.3) is 0 Å². The second-order valence-electron chi connectivity index (χ2n) is 3.69. The summed E-state index contributed by atoms with van der Waals surface area (Å²) in [5.74, 6) is 0.741. The van der Waals surface area contributed by atoms with Gasteiger partial charge in [-0.15, -0.1) is 0 Å². The van der Waals surface area contributed by atoms with E-state index in [9.17, 15) is 0 Å². The van der Waals surface area contributed by atoms with Crippen molar-refractivity contribution in [1.29, 1.82) is 0 Å². The lowest BCUT2D eigenvalue weighted by Crippen LogP contribution is -2.14. The number of nitrogens with one attached hydrogen (secondary N) is 1. The Morgan fingerprint density at radius 2 is 2.25 bits per heavy atom. The van der Waals surface area contributed by atoms with Gasteiger partial charge in [0.15, 0.2) is 0 Å². The average Bonchev–Trinajstić information content (AvgIpc) is 2.23. The number of ether oxygens (including phenoxy) is 1. The van der Waals surface area contributed by atoms with Gasteiger partial charge in [-0.2, -0.15) is 0 Å². The topological polar surface area (TPSA) is 54.4 Å². The maximum absolute atomic E-state index is 9.03. The minimum atomic E-state index is 0.0122. The largest absolute Gasteiger partial charge is 0.392 e. The van der Waals surface area contributed by atoms with Crippen molar-refractivity contribution >= 4 is 21.7 Å². The molecule has 1 heterocycles. The maximum atomic E-state index is 9.03. The molecule has 0 saturated heterocycles. The summed E-state index contributed by atoms with van der Waals surface area (Å²) in [5, 5.41) is 12.2. The fourth-order valence-corrected chi connectivity index (χ4v) is 1.69. The summed E-state index contributed by atoms with van der Waals surface area (Å²) in [6.45, 7) is 5.35. The molecule has 0 unspecified atom stereocenters. The van der Waals surface area contributed by atoms with Gasteiger partial charge in [-0.3, -0.25) is 0 Å². The van der Waals surface area contributed by atoms with Gasteiger partial charge < -0.3 is 15.2 Å². The molecule has 0 aliphatic carbocycles. The lowest BCUT2D eigenvalue weighted by atomic mass is 10.3. The van der Waals surface area contributed by atoms with Gasteiger partial charge in [0.05, 0.1) is 19.3 Å². The number of aliphatic hydroxyl groups is 1. The first-order valence-electron chi connectivity index (χ1n) is 5.24. The fraction of sp³-hybridized carbons (Fsp3) is 0.545. The van der Waals surface area contributed by atoms with Crippen LogP contribution in [0.4, 0.5) is 5.82 Å². The van der Waals surface area contributed by atoms with Gasteiger partial charge in [-0.25, -0.2) is 4.98 Å². The van der Waals surface area contributed by atoms with Crippen molar-refractivity contribution in [2.75, 3.05) is 18.5 Å². The number of anilines is 1. The van der Waals surface area contributed by atoms with E-state index in [-0.39, 0.29) is 12.7 Å². The van der Waals surface area contributed by atoms with Gasteiger partial charge in [0, 0.05) is 6.54 Å². The van der Waals surface area contributed by atoms with Crippen LogP contribution in [0.2, 0.25) is 0 Å². The van der Waals surface area contributed by atoms with Crippen molar-refractivity contribution < 1.29 is 9.84 Å². The number of rotatable bonds is 6. The zero-order valence-electron chi connectivity index (χ0n) is 9.53. The van der Waals surface area contributed by atoms with E-state index in [0.29, 0.717) is 17.8 Å². The van der Waals surface area contributed by atoms with E-state index in [0.717, 1.165) is 11.4 Å². The summed E-state index contributed by atoms with van der Waals surface area (Å²) in [4.78, 5) is 4.24. The quantitative estimate of drug-likeness (QED) is 0.622. The number of nitrogens with zero attached hydrogens (tertiary/aromatic N) is 1. The van der Waals surface area contributed by atoms with E-state index >= 15 is 0 Å². The molecule has 1 rings (SSSR count). The molecule has 0 aliphatic heterocycles. The highest BCUT2D eigenvalue weighted by Crippen LogP contribution is 2.14. The molecule has 2 N–H and O–H groups in total. The molecule has 0 fully saturated rings. The van der Waals surface area contributed by atoms with Crippen LogP contribution < -0.4 is 5.32 Å². The molecule has 0 aromatic carbocycles. The molecule has 0 atom stereocenters. The van der Waals surface area contributed by atoms with Crippen LogP contribution in [0.5, 0.6) is 0 Å². The number of aromatic nitrogens is 1. The molecule has 0 amide bonds. The molecule has 0 aliphatic rings. The highest BCUT2D eigenvalue weighted by atomic mass is 79.9. The van der Waals surface area contributed by atoms with Crippen LogP contribution in [-0.4, -0.2) is 29.3 Å². The Bertz CT molecular complexity index is 332. The Labute approximate surface area is 104 Å². The van der Waals surface area contributed by atoms with E-state index in [4.69, 9.17) is 9.84 Å². The first kappa shape index (κ1) is 13.4. The van der Waals surface area contributed by atoms with E-state index in [1.807, 2.05) is 19.9 Å². The summed E-state index contributed by atoms with van der Waals surface area (Å²) in [6.07, 6.45) is 0.241. The number of pyridine rings is 1. The Morgan fingerprint density at radius 3 is 2.88 bits per heavy atom. The van der Waals surface area contributed by atoms with Gasteiger partial charge in [-0.1, -0.05) is 0 Å². The van der Waals surface area contributed by atoms with Gasteiger partial charge in [-0.05, 0) is 47.5 Å². The van der Waals surface area contributed by atoms with Crippen molar-refractivity contribution in [2.45, 2.75) is 26.6 Å². The van der Waals surface area contributed by atoms with Crippen molar-refractivity contribution in [2.24, 2.45) is 0 Å². The Kier molecular flexibility index (Phi) is 5.73. The first-order chi connectivity index (χ1) is 7.61. The third kappa shape index (κ3) is 4.92. The molecule has 0 spiro atoms. The van der Waals surface area contributed by atoms with Crippen LogP contribution in [-0.2, 0) is 11.3 Å². The maximum Gasteiger partial charge on any atom is 0.127 e. The summed E-state index contributed by atoms with van der Waals surface area (Å²) in [6, 6.07) is 3.61. The highest BCUT2D eigenvalue weighted by Gasteiger charge is 2.00. The SMILES string of the molecule is CC(C)OCCNc1cc(CO)cc(Br)n1. The molecule has 0 radical (unpaired) electrons. The third-order valence-corrected chi connectivity index (χ3v) is 2.30. The molecular formula is C11H17BrN2O2. The molecule has 0 saturated carbocycles. The average molecular weight is 289 g/mol. The van der Waals surface area contributed by atoms with Crippen LogP contribution >= 0.6 is 15.9 Å². The molecular weight excluding hydrogens is 272 g/mol. The summed E-state index contributed by atoms with van der Waals surface area (Å²) in [5.41, 5.74) is 0.828. The number of halogens is 1. The number of aliphatic hydroxyl groups excluding tert-OH is 1. The molecule has 90 valence electrons. The molecule has 1 aromatic heterocycles. The van der Waals surface area contributed by atoms with Gasteiger partial charge >= 0.3 is 0 Å². The van der Waals surface area contributed by atoms with Crippen LogP contribution in [0.3, 0.4) is 0 Å². The Balaban J connectivity index is 2.44. The first-order valence-corrected chi connectivity index (χ1v) is 6.04. The van der Waals surface area contributed by atoms with Crippen molar-refractivity contribution in [3.8, 4) is 0 Å². The third-order valence-electron chi connectivity index (χ3n) is 1.90. The Morgan fingerprint density at radius 1 is 1.50 bits per heavy atom. The second-order valence-corrected chi connectivity index (χ2v) is 4.50. The van der Waals surface area contributed by atoms with Crippen molar-refractivity contribution in [3.05, 3.63) is 22.3 Å². The van der Waals surface area contributed by atoms with E-state index in [1.54, 1.807) is 6.07 Å². The van der Waals surface area contributed by atoms with Crippen LogP contribution in [0.1, 0.15) is 19.4 Å². The smallest absolute Gasteiger partial charge is 0.127 e. The number of hydrogen-bond acceptors (Lipinski definition) is 4.